The minimum absolute atomic E-state index is 0.0295. The molecule has 5 heteroatoms. The van der Waals surface area contributed by atoms with E-state index in [4.69, 9.17) is 0 Å². The Morgan fingerprint density at radius 1 is 1.31 bits per heavy atom. The van der Waals surface area contributed by atoms with Crippen molar-refractivity contribution < 1.29 is 9.59 Å². The molecule has 2 amide bonds. The molecule has 0 spiro atoms. The van der Waals surface area contributed by atoms with Crippen molar-refractivity contribution >= 4 is 27.7 Å². The van der Waals surface area contributed by atoms with Crippen LogP contribution < -0.4 is 10.6 Å². The topological polar surface area (TPSA) is 58.2 Å². The Hall–Kier alpha value is -0.580. The van der Waals surface area contributed by atoms with E-state index in [2.05, 4.69) is 26.6 Å². The number of rotatable bonds is 4. The van der Waals surface area contributed by atoms with Gasteiger partial charge in [-0.2, -0.15) is 0 Å². The van der Waals surface area contributed by atoms with Crippen molar-refractivity contribution in [3.63, 3.8) is 0 Å². The first kappa shape index (κ1) is 12.4. The van der Waals surface area contributed by atoms with Crippen LogP contribution in [0.2, 0.25) is 0 Å². The summed E-state index contributed by atoms with van der Waals surface area (Å²) < 4.78 is -0.626. The molecule has 2 N–H and O–H groups in total. The lowest BCUT2D eigenvalue weighted by Crippen LogP contribution is -2.43. The van der Waals surface area contributed by atoms with Crippen LogP contribution in [0.5, 0.6) is 0 Å². The van der Waals surface area contributed by atoms with Crippen LogP contribution in [-0.2, 0) is 9.59 Å². The second-order valence-electron chi connectivity index (χ2n) is 3.11. The normalized spacial score (nSPS) is 10.8. The number of likely N-dealkylation sites (N-methyl/N-ethyl adjacent to an activating group) is 1. The molecule has 76 valence electrons. The van der Waals surface area contributed by atoms with Crippen molar-refractivity contribution in [2.75, 3.05) is 13.1 Å². The van der Waals surface area contributed by atoms with Crippen molar-refractivity contribution in [2.24, 2.45) is 0 Å². The van der Waals surface area contributed by atoms with Gasteiger partial charge in [0.15, 0.2) is 0 Å². The van der Waals surface area contributed by atoms with Gasteiger partial charge in [-0.3, -0.25) is 9.59 Å². The molecule has 0 aliphatic heterocycles. The second kappa shape index (κ2) is 5.21. The van der Waals surface area contributed by atoms with E-state index < -0.39 is 4.32 Å². The van der Waals surface area contributed by atoms with Crippen molar-refractivity contribution in [3.8, 4) is 0 Å². The molecule has 0 aliphatic rings. The number of carbonyl (C=O) groups is 2. The van der Waals surface area contributed by atoms with Crippen molar-refractivity contribution in [3.05, 3.63) is 0 Å². The van der Waals surface area contributed by atoms with Gasteiger partial charge in [0.2, 0.25) is 11.8 Å². The Bertz CT molecular complexity index is 199. The molecule has 0 aromatic carbocycles. The lowest BCUT2D eigenvalue weighted by atomic mass is 10.2. The summed E-state index contributed by atoms with van der Waals surface area (Å²) in [5.41, 5.74) is 0. The lowest BCUT2D eigenvalue weighted by Gasteiger charge is -2.15. The van der Waals surface area contributed by atoms with Gasteiger partial charge in [0.05, 0.1) is 10.9 Å². The molecular weight excluding hydrogens is 236 g/mol. The average molecular weight is 251 g/mol. The van der Waals surface area contributed by atoms with Gasteiger partial charge in [0.25, 0.3) is 0 Å². The molecule has 0 radical (unpaired) electrons. The SMILES string of the molecule is CCNC(=O)CNC(=O)C(C)(C)Br. The Labute approximate surface area is 86.6 Å². The van der Waals surface area contributed by atoms with Gasteiger partial charge in [0.1, 0.15) is 0 Å². The third kappa shape index (κ3) is 5.63. The highest BCUT2D eigenvalue weighted by Crippen LogP contribution is 2.14. The highest BCUT2D eigenvalue weighted by atomic mass is 79.9. The maximum Gasteiger partial charge on any atom is 0.239 e. The molecule has 0 saturated carbocycles. The first-order valence-electron chi connectivity index (χ1n) is 4.11. The van der Waals surface area contributed by atoms with Crippen LogP contribution in [0.3, 0.4) is 0 Å². The highest BCUT2D eigenvalue weighted by Gasteiger charge is 2.23. The molecule has 0 rings (SSSR count). The van der Waals surface area contributed by atoms with Crippen LogP contribution in [0.25, 0.3) is 0 Å². The van der Waals surface area contributed by atoms with E-state index in [0.717, 1.165) is 0 Å². The van der Waals surface area contributed by atoms with Crippen LogP contribution in [0.4, 0.5) is 0 Å². The molecule has 0 unspecified atom stereocenters. The van der Waals surface area contributed by atoms with Crippen molar-refractivity contribution in [2.45, 2.75) is 25.1 Å². The summed E-state index contributed by atoms with van der Waals surface area (Å²) in [5.74, 6) is -0.369. The Balaban J connectivity index is 3.77. The fourth-order valence-electron chi connectivity index (χ4n) is 0.630. The van der Waals surface area contributed by atoms with Crippen LogP contribution in [0, 0.1) is 0 Å². The smallest absolute Gasteiger partial charge is 0.239 e. The third-order valence-electron chi connectivity index (χ3n) is 1.32. The summed E-state index contributed by atoms with van der Waals surface area (Å²) in [6.45, 7) is 5.88. The number of halogens is 1. The van der Waals surface area contributed by atoms with Crippen LogP contribution in [0.15, 0.2) is 0 Å². The molecular formula is C8H15BrN2O2. The minimum Gasteiger partial charge on any atom is -0.355 e. The van der Waals surface area contributed by atoms with Crippen LogP contribution in [0.1, 0.15) is 20.8 Å². The maximum absolute atomic E-state index is 11.2. The quantitative estimate of drug-likeness (QED) is 0.711. The van der Waals surface area contributed by atoms with Gasteiger partial charge in [-0.05, 0) is 20.8 Å². The van der Waals surface area contributed by atoms with E-state index in [1.807, 2.05) is 6.92 Å². The fraction of sp³-hybridized carbons (Fsp3) is 0.750. The summed E-state index contributed by atoms with van der Waals surface area (Å²) in [6, 6.07) is 0. The van der Waals surface area contributed by atoms with Crippen molar-refractivity contribution in [1.29, 1.82) is 0 Å². The molecule has 0 aromatic rings. The van der Waals surface area contributed by atoms with Gasteiger partial charge < -0.3 is 10.6 Å². The number of hydrogen-bond acceptors (Lipinski definition) is 2. The molecule has 0 heterocycles. The second-order valence-corrected chi connectivity index (χ2v) is 5.09. The monoisotopic (exact) mass is 250 g/mol. The largest absolute Gasteiger partial charge is 0.355 e. The van der Waals surface area contributed by atoms with E-state index in [1.165, 1.54) is 0 Å². The molecule has 0 saturated heterocycles. The Morgan fingerprint density at radius 3 is 2.23 bits per heavy atom. The summed E-state index contributed by atoms with van der Waals surface area (Å²) >= 11 is 3.19. The number of alkyl halides is 1. The summed E-state index contributed by atoms with van der Waals surface area (Å²) in [6.07, 6.45) is 0. The fourth-order valence-corrected chi connectivity index (χ4v) is 0.771. The van der Waals surface area contributed by atoms with E-state index in [-0.39, 0.29) is 18.4 Å². The number of carbonyl (C=O) groups excluding carboxylic acids is 2. The van der Waals surface area contributed by atoms with Gasteiger partial charge in [-0.25, -0.2) is 0 Å². The summed E-state index contributed by atoms with van der Waals surface area (Å²) in [4.78, 5) is 22.2. The molecule has 0 aliphatic carbocycles. The summed E-state index contributed by atoms with van der Waals surface area (Å²) in [5, 5.41) is 5.09. The zero-order chi connectivity index (χ0) is 10.5. The van der Waals surface area contributed by atoms with E-state index >= 15 is 0 Å². The number of nitrogens with one attached hydrogen (secondary N) is 2. The standard InChI is InChI=1S/C8H15BrN2O2/c1-4-10-6(12)5-11-7(13)8(2,3)9/h4-5H2,1-3H3,(H,10,12)(H,11,13). The predicted octanol–water partition coefficient (Wildman–Crippen LogP) is 0.412. The van der Waals surface area contributed by atoms with E-state index in [1.54, 1.807) is 13.8 Å². The first-order chi connectivity index (χ1) is 5.88. The zero-order valence-electron chi connectivity index (χ0n) is 8.11. The number of amides is 2. The lowest BCUT2D eigenvalue weighted by molar-refractivity contribution is -0.126. The molecule has 0 bridgehead atoms. The van der Waals surface area contributed by atoms with Gasteiger partial charge >= 0.3 is 0 Å². The number of hydrogen-bond donors (Lipinski definition) is 2. The van der Waals surface area contributed by atoms with Gasteiger partial charge in [0, 0.05) is 6.54 Å². The molecule has 4 nitrogen and oxygen atoms in total. The first-order valence-corrected chi connectivity index (χ1v) is 4.91. The summed E-state index contributed by atoms with van der Waals surface area (Å²) in [7, 11) is 0. The minimum atomic E-state index is -0.626. The van der Waals surface area contributed by atoms with Crippen molar-refractivity contribution in [1.82, 2.24) is 10.6 Å². The van der Waals surface area contributed by atoms with Crippen LogP contribution in [-0.4, -0.2) is 29.2 Å². The molecule has 13 heavy (non-hydrogen) atoms. The predicted molar refractivity (Wildman–Crippen MR) is 54.7 cm³/mol. The molecule has 0 atom stereocenters. The van der Waals surface area contributed by atoms with Gasteiger partial charge in [-0.15, -0.1) is 0 Å². The van der Waals surface area contributed by atoms with E-state index in [9.17, 15) is 9.59 Å². The average Bonchev–Trinajstić information content (AvgIpc) is 1.99. The van der Waals surface area contributed by atoms with Crippen LogP contribution >= 0.6 is 15.9 Å². The zero-order valence-corrected chi connectivity index (χ0v) is 9.69. The third-order valence-corrected chi connectivity index (χ3v) is 1.68. The maximum atomic E-state index is 11.2. The van der Waals surface area contributed by atoms with E-state index in [0.29, 0.717) is 6.54 Å². The Kier molecular flexibility index (Phi) is 4.98. The highest BCUT2D eigenvalue weighted by molar-refractivity contribution is 9.10. The molecule has 0 aromatic heterocycles. The Morgan fingerprint density at radius 2 is 1.85 bits per heavy atom. The van der Waals surface area contributed by atoms with Gasteiger partial charge in [-0.1, -0.05) is 15.9 Å². The molecule has 0 fully saturated rings.